The molecule has 0 bridgehead atoms. The lowest BCUT2D eigenvalue weighted by molar-refractivity contribution is -0.115. The molecule has 0 saturated carbocycles. The topological polar surface area (TPSA) is 69.0 Å². The molecule has 0 aliphatic rings. The lowest BCUT2D eigenvalue weighted by atomic mass is 10.1. The fourth-order valence-corrected chi connectivity index (χ4v) is 3.72. The van der Waals surface area contributed by atoms with Gasteiger partial charge in [0, 0.05) is 16.1 Å². The van der Waals surface area contributed by atoms with Crippen LogP contribution in [0.2, 0.25) is 0 Å². The van der Waals surface area contributed by atoms with E-state index in [1.807, 2.05) is 73.0 Å². The molecule has 7 heteroatoms. The van der Waals surface area contributed by atoms with Crippen molar-refractivity contribution >= 4 is 22.9 Å². The first-order valence-corrected chi connectivity index (χ1v) is 10.0. The van der Waals surface area contributed by atoms with Gasteiger partial charge in [-0.15, -0.1) is 16.4 Å². The first-order valence-electron chi connectivity index (χ1n) is 9.14. The van der Waals surface area contributed by atoms with E-state index in [9.17, 15) is 4.79 Å². The van der Waals surface area contributed by atoms with Crippen molar-refractivity contribution in [2.45, 2.75) is 13.3 Å². The third-order valence-electron chi connectivity index (χ3n) is 4.47. The Labute approximate surface area is 172 Å². The summed E-state index contributed by atoms with van der Waals surface area (Å²) in [6, 6.07) is 19.7. The standard InChI is InChI=1S/C22H20N4O2S/c1-15-6-3-4-8-19(15)21-24-22(28-2)25-26(21)17-11-9-16(10-12-17)23-20(27)14-18-7-5-13-29-18/h3-13H,14H2,1-2H3,(H,23,27). The molecule has 4 rings (SSSR count). The molecule has 2 aromatic heterocycles. The molecule has 0 fully saturated rings. The van der Waals surface area contributed by atoms with Gasteiger partial charge < -0.3 is 10.1 Å². The predicted octanol–water partition coefficient (Wildman–Crippen LogP) is 4.49. The normalized spacial score (nSPS) is 10.7. The number of amides is 1. The summed E-state index contributed by atoms with van der Waals surface area (Å²) >= 11 is 1.58. The zero-order chi connectivity index (χ0) is 20.2. The van der Waals surface area contributed by atoms with Crippen LogP contribution in [0.25, 0.3) is 17.1 Å². The summed E-state index contributed by atoms with van der Waals surface area (Å²) in [6.45, 7) is 2.03. The molecule has 29 heavy (non-hydrogen) atoms. The van der Waals surface area contributed by atoms with E-state index in [4.69, 9.17) is 4.74 Å². The van der Waals surface area contributed by atoms with E-state index < -0.39 is 0 Å². The number of anilines is 1. The molecule has 0 spiro atoms. The van der Waals surface area contributed by atoms with Crippen LogP contribution in [0, 0.1) is 6.92 Å². The first kappa shape index (κ1) is 18.9. The van der Waals surface area contributed by atoms with Gasteiger partial charge in [0.2, 0.25) is 5.91 Å². The lowest BCUT2D eigenvalue weighted by Crippen LogP contribution is -2.13. The number of thiophene rings is 1. The maximum Gasteiger partial charge on any atom is 0.336 e. The van der Waals surface area contributed by atoms with E-state index in [0.717, 1.165) is 27.4 Å². The SMILES string of the molecule is COc1nc(-c2ccccc2C)n(-c2ccc(NC(=O)Cc3cccs3)cc2)n1. The minimum Gasteiger partial charge on any atom is -0.466 e. The van der Waals surface area contributed by atoms with E-state index in [-0.39, 0.29) is 5.91 Å². The smallest absolute Gasteiger partial charge is 0.336 e. The van der Waals surface area contributed by atoms with Crippen molar-refractivity contribution < 1.29 is 9.53 Å². The molecule has 1 amide bonds. The van der Waals surface area contributed by atoms with Crippen molar-refractivity contribution in [1.82, 2.24) is 14.8 Å². The molecule has 0 atom stereocenters. The number of nitrogens with zero attached hydrogens (tertiary/aromatic N) is 3. The molecule has 4 aromatic rings. The van der Waals surface area contributed by atoms with Crippen molar-refractivity contribution in [3.05, 3.63) is 76.5 Å². The van der Waals surface area contributed by atoms with Gasteiger partial charge in [0.25, 0.3) is 0 Å². The Bertz CT molecular complexity index is 1120. The van der Waals surface area contributed by atoms with E-state index >= 15 is 0 Å². The van der Waals surface area contributed by atoms with Crippen LogP contribution < -0.4 is 10.1 Å². The summed E-state index contributed by atoms with van der Waals surface area (Å²) in [5.74, 6) is 0.664. The number of aryl methyl sites for hydroxylation is 1. The van der Waals surface area contributed by atoms with Crippen LogP contribution in [0.1, 0.15) is 10.4 Å². The van der Waals surface area contributed by atoms with Gasteiger partial charge >= 0.3 is 6.01 Å². The number of carbonyl (C=O) groups is 1. The highest BCUT2D eigenvalue weighted by Crippen LogP contribution is 2.26. The van der Waals surface area contributed by atoms with Crippen LogP contribution in [-0.2, 0) is 11.2 Å². The molecule has 6 nitrogen and oxygen atoms in total. The molecular formula is C22H20N4O2S. The summed E-state index contributed by atoms with van der Waals surface area (Å²) in [5, 5.41) is 9.35. The van der Waals surface area contributed by atoms with Crippen molar-refractivity contribution in [2.75, 3.05) is 12.4 Å². The predicted molar refractivity (Wildman–Crippen MR) is 115 cm³/mol. The van der Waals surface area contributed by atoms with Gasteiger partial charge in [0.15, 0.2) is 5.82 Å². The number of carbonyl (C=O) groups excluding carboxylic acids is 1. The fourth-order valence-electron chi connectivity index (χ4n) is 3.02. The van der Waals surface area contributed by atoms with Crippen LogP contribution in [0.4, 0.5) is 5.69 Å². The third-order valence-corrected chi connectivity index (χ3v) is 5.34. The number of nitrogens with one attached hydrogen (secondary N) is 1. The van der Waals surface area contributed by atoms with Crippen molar-refractivity contribution in [2.24, 2.45) is 0 Å². The maximum atomic E-state index is 12.2. The van der Waals surface area contributed by atoms with Crippen LogP contribution >= 0.6 is 11.3 Å². The highest BCUT2D eigenvalue weighted by atomic mass is 32.1. The Balaban J connectivity index is 1.58. The number of benzene rings is 2. The zero-order valence-electron chi connectivity index (χ0n) is 16.1. The molecule has 1 N–H and O–H groups in total. The van der Waals surface area contributed by atoms with E-state index in [0.29, 0.717) is 18.3 Å². The third kappa shape index (κ3) is 4.20. The Morgan fingerprint density at radius 1 is 1.10 bits per heavy atom. The van der Waals surface area contributed by atoms with Crippen LogP contribution in [-0.4, -0.2) is 27.8 Å². The van der Waals surface area contributed by atoms with Gasteiger partial charge in [0.05, 0.1) is 19.2 Å². The minimum absolute atomic E-state index is 0.0387. The summed E-state index contributed by atoms with van der Waals surface area (Å²) in [7, 11) is 1.55. The van der Waals surface area contributed by atoms with Crippen molar-refractivity contribution in [3.8, 4) is 23.1 Å². The lowest BCUT2D eigenvalue weighted by Gasteiger charge is -2.09. The second kappa shape index (κ2) is 8.28. The van der Waals surface area contributed by atoms with Gasteiger partial charge in [-0.05, 0) is 48.2 Å². The van der Waals surface area contributed by atoms with E-state index in [2.05, 4.69) is 15.4 Å². The molecule has 0 unspecified atom stereocenters. The van der Waals surface area contributed by atoms with E-state index in [1.165, 1.54) is 0 Å². The zero-order valence-corrected chi connectivity index (χ0v) is 16.9. The summed E-state index contributed by atoms with van der Waals surface area (Å²) in [4.78, 5) is 17.8. The number of methoxy groups -OCH3 is 1. The van der Waals surface area contributed by atoms with Crippen LogP contribution in [0.15, 0.2) is 66.0 Å². The second-order valence-corrected chi connectivity index (χ2v) is 7.53. The molecule has 0 saturated heterocycles. The number of ether oxygens (including phenoxy) is 1. The number of rotatable bonds is 6. The molecule has 2 heterocycles. The van der Waals surface area contributed by atoms with Gasteiger partial charge in [-0.3, -0.25) is 4.79 Å². The first-order chi connectivity index (χ1) is 14.1. The summed E-state index contributed by atoms with van der Waals surface area (Å²) in [6.07, 6.45) is 0.372. The monoisotopic (exact) mass is 404 g/mol. The Kier molecular flexibility index (Phi) is 5.39. The Hall–Kier alpha value is -3.45. The van der Waals surface area contributed by atoms with Gasteiger partial charge in [-0.2, -0.15) is 4.98 Å². The summed E-state index contributed by atoms with van der Waals surface area (Å²) in [5.41, 5.74) is 3.65. The highest BCUT2D eigenvalue weighted by Gasteiger charge is 2.16. The summed E-state index contributed by atoms with van der Waals surface area (Å²) < 4.78 is 6.99. The number of aromatic nitrogens is 3. The largest absolute Gasteiger partial charge is 0.466 e. The molecule has 0 aliphatic heterocycles. The van der Waals surface area contributed by atoms with E-state index in [1.54, 1.807) is 23.1 Å². The van der Waals surface area contributed by atoms with Crippen LogP contribution in [0.5, 0.6) is 6.01 Å². The maximum absolute atomic E-state index is 12.2. The Morgan fingerprint density at radius 2 is 1.90 bits per heavy atom. The van der Waals surface area contributed by atoms with Crippen molar-refractivity contribution in [1.29, 1.82) is 0 Å². The van der Waals surface area contributed by atoms with Gasteiger partial charge in [0.1, 0.15) is 0 Å². The Morgan fingerprint density at radius 3 is 2.59 bits per heavy atom. The average Bonchev–Trinajstić information content (AvgIpc) is 3.38. The second-order valence-electron chi connectivity index (χ2n) is 6.50. The van der Waals surface area contributed by atoms with Crippen molar-refractivity contribution in [3.63, 3.8) is 0 Å². The molecular weight excluding hydrogens is 384 g/mol. The molecule has 2 aromatic carbocycles. The molecule has 0 radical (unpaired) electrons. The van der Waals surface area contributed by atoms with Gasteiger partial charge in [-0.25, -0.2) is 4.68 Å². The van der Waals surface area contributed by atoms with Gasteiger partial charge in [-0.1, -0.05) is 30.3 Å². The van der Waals surface area contributed by atoms with Crippen LogP contribution in [0.3, 0.4) is 0 Å². The number of hydrogen-bond acceptors (Lipinski definition) is 5. The fraction of sp³-hybridized carbons (Fsp3) is 0.136. The number of hydrogen-bond donors (Lipinski definition) is 1. The minimum atomic E-state index is -0.0387. The highest BCUT2D eigenvalue weighted by molar-refractivity contribution is 7.10. The average molecular weight is 404 g/mol. The molecule has 146 valence electrons. The molecule has 0 aliphatic carbocycles. The quantitative estimate of drug-likeness (QED) is 0.514.